The van der Waals surface area contributed by atoms with Crippen molar-refractivity contribution in [2.75, 3.05) is 0 Å². The molecule has 1 aromatic rings. The lowest BCUT2D eigenvalue weighted by molar-refractivity contribution is 0.472. The van der Waals surface area contributed by atoms with E-state index in [2.05, 4.69) is 10.2 Å². The number of allylic oxidation sites excluding steroid dienone is 1. The second kappa shape index (κ2) is 2.94. The van der Waals surface area contributed by atoms with Crippen LogP contribution in [0.5, 0.6) is 5.75 Å². The van der Waals surface area contributed by atoms with Gasteiger partial charge in [0, 0.05) is 0 Å². The summed E-state index contributed by atoms with van der Waals surface area (Å²) in [5, 5.41) is 17.5. The van der Waals surface area contributed by atoms with Crippen molar-refractivity contribution >= 4 is 0 Å². The number of hydrogen-bond donors (Lipinski definition) is 1. The van der Waals surface area contributed by atoms with Gasteiger partial charge in [0.25, 0.3) is 0 Å². The molecule has 1 aliphatic rings. The minimum Gasteiger partial charge on any atom is -0.508 e. The predicted molar refractivity (Wildman–Crippen MR) is 54.1 cm³/mol. The standard InChI is InChI=1S/C11H12N2O/c1-8-7-11(2,13-12-8)9-4-3-5-10(14)6-9/h3-7,14H,1-2H3. The summed E-state index contributed by atoms with van der Waals surface area (Å²) >= 11 is 0. The Labute approximate surface area is 82.8 Å². The minimum atomic E-state index is -0.414. The zero-order chi connectivity index (χ0) is 10.2. The number of azo groups is 1. The number of benzene rings is 1. The Kier molecular flexibility index (Phi) is 1.88. The van der Waals surface area contributed by atoms with E-state index >= 15 is 0 Å². The summed E-state index contributed by atoms with van der Waals surface area (Å²) in [4.78, 5) is 0. The maximum absolute atomic E-state index is 9.36. The largest absolute Gasteiger partial charge is 0.508 e. The van der Waals surface area contributed by atoms with Crippen LogP contribution in [0.2, 0.25) is 0 Å². The minimum absolute atomic E-state index is 0.261. The molecule has 0 amide bonds. The topological polar surface area (TPSA) is 45.0 Å². The van der Waals surface area contributed by atoms with Gasteiger partial charge in [-0.05, 0) is 37.6 Å². The highest BCUT2D eigenvalue weighted by molar-refractivity contribution is 5.37. The van der Waals surface area contributed by atoms with Crippen LogP contribution in [0.3, 0.4) is 0 Å². The molecule has 0 fully saturated rings. The van der Waals surface area contributed by atoms with E-state index < -0.39 is 5.54 Å². The third kappa shape index (κ3) is 1.41. The molecule has 1 heterocycles. The molecular formula is C11H12N2O. The van der Waals surface area contributed by atoms with Gasteiger partial charge < -0.3 is 5.11 Å². The number of hydrogen-bond acceptors (Lipinski definition) is 3. The van der Waals surface area contributed by atoms with Crippen molar-refractivity contribution in [2.24, 2.45) is 10.2 Å². The van der Waals surface area contributed by atoms with Crippen molar-refractivity contribution in [1.29, 1.82) is 0 Å². The predicted octanol–water partition coefficient (Wildman–Crippen LogP) is 2.98. The highest BCUT2D eigenvalue weighted by Crippen LogP contribution is 2.34. The van der Waals surface area contributed by atoms with E-state index in [1.165, 1.54) is 0 Å². The van der Waals surface area contributed by atoms with Crippen LogP contribution in [0, 0.1) is 0 Å². The summed E-state index contributed by atoms with van der Waals surface area (Å²) in [6.07, 6.45) is 1.99. The zero-order valence-corrected chi connectivity index (χ0v) is 8.23. The van der Waals surface area contributed by atoms with Crippen LogP contribution in [0.15, 0.2) is 46.3 Å². The second-order valence-electron chi connectivity index (χ2n) is 3.68. The monoisotopic (exact) mass is 188 g/mol. The third-order valence-corrected chi connectivity index (χ3v) is 2.34. The highest BCUT2D eigenvalue weighted by atomic mass is 16.3. The van der Waals surface area contributed by atoms with Gasteiger partial charge in [-0.1, -0.05) is 12.1 Å². The Morgan fingerprint density at radius 3 is 2.71 bits per heavy atom. The van der Waals surface area contributed by atoms with Crippen molar-refractivity contribution in [2.45, 2.75) is 19.4 Å². The molecule has 0 aromatic heterocycles. The first-order valence-electron chi connectivity index (χ1n) is 4.52. The molecule has 1 aromatic carbocycles. The molecule has 0 aliphatic carbocycles. The molecule has 3 heteroatoms. The molecule has 72 valence electrons. The number of aromatic hydroxyl groups is 1. The fourth-order valence-corrected chi connectivity index (χ4v) is 1.61. The van der Waals surface area contributed by atoms with Crippen molar-refractivity contribution in [3.63, 3.8) is 0 Å². The molecule has 1 unspecified atom stereocenters. The Balaban J connectivity index is 2.46. The lowest BCUT2D eigenvalue weighted by Crippen LogP contribution is -2.12. The normalized spacial score (nSPS) is 25.1. The number of nitrogens with zero attached hydrogens (tertiary/aromatic N) is 2. The van der Waals surface area contributed by atoms with Gasteiger partial charge in [-0.2, -0.15) is 10.2 Å². The average Bonchev–Trinajstić information content (AvgIpc) is 2.48. The maximum Gasteiger partial charge on any atom is 0.124 e. The van der Waals surface area contributed by atoms with Gasteiger partial charge in [0.15, 0.2) is 0 Å². The molecule has 0 radical (unpaired) electrons. The van der Waals surface area contributed by atoms with Crippen LogP contribution in [0.4, 0.5) is 0 Å². The fourth-order valence-electron chi connectivity index (χ4n) is 1.61. The summed E-state index contributed by atoms with van der Waals surface area (Å²) in [6, 6.07) is 7.12. The molecule has 1 atom stereocenters. The van der Waals surface area contributed by atoms with Gasteiger partial charge in [-0.25, -0.2) is 0 Å². The lowest BCUT2D eigenvalue weighted by atomic mass is 9.93. The van der Waals surface area contributed by atoms with Crippen LogP contribution >= 0.6 is 0 Å². The Morgan fingerprint density at radius 1 is 1.36 bits per heavy atom. The number of phenols is 1. The van der Waals surface area contributed by atoms with Gasteiger partial charge in [-0.3, -0.25) is 0 Å². The molecule has 0 spiro atoms. The van der Waals surface area contributed by atoms with Crippen molar-refractivity contribution in [1.82, 2.24) is 0 Å². The Morgan fingerprint density at radius 2 is 2.14 bits per heavy atom. The van der Waals surface area contributed by atoms with Crippen molar-refractivity contribution in [3.05, 3.63) is 41.6 Å². The number of phenolic OH excluding ortho intramolecular Hbond substituents is 1. The summed E-state index contributed by atoms with van der Waals surface area (Å²) in [6.45, 7) is 3.89. The molecule has 1 N–H and O–H groups in total. The van der Waals surface area contributed by atoms with E-state index in [0.29, 0.717) is 0 Å². The second-order valence-corrected chi connectivity index (χ2v) is 3.68. The molecule has 1 aliphatic heterocycles. The van der Waals surface area contributed by atoms with Crippen LogP contribution in [0.25, 0.3) is 0 Å². The molecule has 0 saturated heterocycles. The first-order chi connectivity index (χ1) is 6.60. The van der Waals surface area contributed by atoms with Gasteiger partial charge in [0.2, 0.25) is 0 Å². The van der Waals surface area contributed by atoms with Crippen LogP contribution < -0.4 is 0 Å². The number of rotatable bonds is 1. The van der Waals surface area contributed by atoms with Gasteiger partial charge in [0.05, 0.1) is 5.70 Å². The molecule has 0 saturated carbocycles. The third-order valence-electron chi connectivity index (χ3n) is 2.34. The van der Waals surface area contributed by atoms with E-state index in [1.54, 1.807) is 12.1 Å². The van der Waals surface area contributed by atoms with E-state index in [0.717, 1.165) is 11.3 Å². The summed E-state index contributed by atoms with van der Waals surface area (Å²) in [7, 11) is 0. The van der Waals surface area contributed by atoms with E-state index in [9.17, 15) is 5.11 Å². The van der Waals surface area contributed by atoms with Crippen molar-refractivity contribution < 1.29 is 5.11 Å². The van der Waals surface area contributed by atoms with Crippen LogP contribution in [-0.4, -0.2) is 5.11 Å². The van der Waals surface area contributed by atoms with E-state index in [-0.39, 0.29) is 5.75 Å². The molecule has 0 bridgehead atoms. The highest BCUT2D eigenvalue weighted by Gasteiger charge is 2.27. The Hall–Kier alpha value is -1.64. The smallest absolute Gasteiger partial charge is 0.124 e. The average molecular weight is 188 g/mol. The molecule has 14 heavy (non-hydrogen) atoms. The summed E-state index contributed by atoms with van der Waals surface area (Å²) in [5.74, 6) is 0.261. The summed E-state index contributed by atoms with van der Waals surface area (Å²) in [5.41, 5.74) is 1.46. The van der Waals surface area contributed by atoms with Gasteiger partial charge in [-0.15, -0.1) is 0 Å². The molecule has 3 nitrogen and oxygen atoms in total. The molecular weight excluding hydrogens is 176 g/mol. The fraction of sp³-hybridized carbons (Fsp3) is 0.273. The van der Waals surface area contributed by atoms with Gasteiger partial charge >= 0.3 is 0 Å². The van der Waals surface area contributed by atoms with E-state index in [1.807, 2.05) is 32.1 Å². The zero-order valence-electron chi connectivity index (χ0n) is 8.23. The Bertz CT molecular complexity index is 423. The van der Waals surface area contributed by atoms with Crippen molar-refractivity contribution in [3.8, 4) is 5.75 Å². The van der Waals surface area contributed by atoms with Crippen LogP contribution in [0.1, 0.15) is 19.4 Å². The SMILES string of the molecule is CC1=CC(C)(c2cccc(O)c2)N=N1. The lowest BCUT2D eigenvalue weighted by Gasteiger charge is -2.16. The first kappa shape index (κ1) is 8.94. The van der Waals surface area contributed by atoms with E-state index in [4.69, 9.17) is 0 Å². The summed E-state index contributed by atoms with van der Waals surface area (Å²) < 4.78 is 0. The maximum atomic E-state index is 9.36. The first-order valence-corrected chi connectivity index (χ1v) is 4.52. The van der Waals surface area contributed by atoms with Crippen LogP contribution in [-0.2, 0) is 5.54 Å². The molecule has 2 rings (SSSR count). The van der Waals surface area contributed by atoms with Gasteiger partial charge in [0.1, 0.15) is 11.3 Å². The quantitative estimate of drug-likeness (QED) is 0.723.